The van der Waals surface area contributed by atoms with Crippen LogP contribution in [0.2, 0.25) is 0 Å². The van der Waals surface area contributed by atoms with Gasteiger partial charge in [0.15, 0.2) is 0 Å². The van der Waals surface area contributed by atoms with E-state index in [0.29, 0.717) is 12.3 Å². The Kier molecular flexibility index (Phi) is 8.32. The molecule has 0 bridgehead atoms. The number of aromatic nitrogens is 2. The van der Waals surface area contributed by atoms with E-state index in [1.807, 2.05) is 17.7 Å². The van der Waals surface area contributed by atoms with E-state index < -0.39 is 10.0 Å². The lowest BCUT2D eigenvalue weighted by Gasteiger charge is -2.25. The number of rotatable bonds is 9. The third-order valence-electron chi connectivity index (χ3n) is 8.07. The van der Waals surface area contributed by atoms with Crippen molar-refractivity contribution >= 4 is 10.0 Å². The van der Waals surface area contributed by atoms with Gasteiger partial charge in [-0.25, -0.2) is 17.5 Å². The monoisotopic (exact) mass is 535 g/mol. The van der Waals surface area contributed by atoms with E-state index in [2.05, 4.69) is 29.0 Å². The molecule has 202 valence electrons. The van der Waals surface area contributed by atoms with Gasteiger partial charge in [-0.3, -0.25) is 4.72 Å². The van der Waals surface area contributed by atoms with Crippen molar-refractivity contribution in [1.29, 1.82) is 0 Å². The summed E-state index contributed by atoms with van der Waals surface area (Å²) in [6, 6.07) is 16.9. The summed E-state index contributed by atoms with van der Waals surface area (Å²) in [4.78, 5) is 0. The first kappa shape index (κ1) is 26.7. The van der Waals surface area contributed by atoms with Gasteiger partial charge >= 0.3 is 0 Å². The van der Waals surface area contributed by atoms with Gasteiger partial charge in [0.1, 0.15) is 5.82 Å². The number of hydrogen-bond donors (Lipinski definition) is 1. The number of halogens is 1. The fraction of sp³-hybridized carbons (Fsp3) is 0.452. The van der Waals surface area contributed by atoms with E-state index in [-0.39, 0.29) is 11.6 Å². The first-order valence-corrected chi connectivity index (χ1v) is 15.6. The molecule has 1 fully saturated rings. The minimum Gasteiger partial charge on any atom is -0.288 e. The Morgan fingerprint density at radius 2 is 1.71 bits per heavy atom. The second kappa shape index (κ2) is 11.9. The Hall–Kier alpha value is -2.93. The van der Waals surface area contributed by atoms with Crippen LogP contribution in [-0.4, -0.2) is 24.0 Å². The Labute approximate surface area is 226 Å². The molecule has 1 atom stereocenters. The van der Waals surface area contributed by atoms with Crippen molar-refractivity contribution in [3.8, 4) is 5.69 Å². The highest BCUT2D eigenvalue weighted by Gasteiger charge is 2.29. The zero-order valence-electron chi connectivity index (χ0n) is 22.3. The number of fused-ring (bicyclic) bond motifs is 1. The molecule has 2 aliphatic rings. The summed E-state index contributed by atoms with van der Waals surface area (Å²) in [6.45, 7) is 1.89. The second-order valence-corrected chi connectivity index (χ2v) is 12.6. The maximum absolute atomic E-state index is 13.7. The second-order valence-electron chi connectivity index (χ2n) is 10.8. The van der Waals surface area contributed by atoms with Crippen LogP contribution in [-0.2, 0) is 29.3 Å². The molecule has 0 radical (unpaired) electrons. The Balaban J connectivity index is 1.40. The summed E-state index contributed by atoms with van der Waals surface area (Å²) in [6.07, 6.45) is 10.8. The molecule has 0 saturated heterocycles. The van der Waals surface area contributed by atoms with E-state index in [9.17, 15) is 12.8 Å². The molecule has 7 heteroatoms. The molecule has 5 nitrogen and oxygen atoms in total. The fourth-order valence-corrected chi connectivity index (χ4v) is 7.23. The van der Waals surface area contributed by atoms with Gasteiger partial charge in [0.2, 0.25) is 10.0 Å². The molecule has 1 unspecified atom stereocenters. The number of benzene rings is 2. The summed E-state index contributed by atoms with van der Waals surface area (Å²) in [7, 11) is -3.48. The van der Waals surface area contributed by atoms with Crippen molar-refractivity contribution < 1.29 is 12.8 Å². The van der Waals surface area contributed by atoms with Crippen LogP contribution in [0.25, 0.3) is 5.69 Å². The van der Waals surface area contributed by atoms with Gasteiger partial charge in [0.25, 0.3) is 0 Å². The molecule has 0 aliphatic heterocycles. The maximum Gasteiger partial charge on any atom is 0.232 e. The topological polar surface area (TPSA) is 64.0 Å². The van der Waals surface area contributed by atoms with Crippen molar-refractivity contribution in [2.75, 3.05) is 5.75 Å². The quantitative estimate of drug-likeness (QED) is 0.329. The van der Waals surface area contributed by atoms with Gasteiger partial charge in [0.05, 0.1) is 22.8 Å². The summed E-state index contributed by atoms with van der Waals surface area (Å²) >= 11 is 0. The third-order valence-corrected chi connectivity index (χ3v) is 9.43. The van der Waals surface area contributed by atoms with Gasteiger partial charge < -0.3 is 0 Å². The first-order chi connectivity index (χ1) is 18.4. The van der Waals surface area contributed by atoms with Crippen LogP contribution in [0.4, 0.5) is 4.39 Å². The Morgan fingerprint density at radius 3 is 2.45 bits per heavy atom. The van der Waals surface area contributed by atoms with Crippen LogP contribution < -0.4 is 4.72 Å². The summed E-state index contributed by atoms with van der Waals surface area (Å²) in [5, 5.41) is 4.96. The first-order valence-electron chi connectivity index (χ1n) is 14.0. The van der Waals surface area contributed by atoms with Crippen molar-refractivity contribution in [3.05, 3.63) is 94.2 Å². The number of hydrogen-bond acceptors (Lipinski definition) is 3. The normalized spacial score (nSPS) is 17.7. The molecule has 1 saturated carbocycles. The van der Waals surface area contributed by atoms with Gasteiger partial charge in [-0.1, -0.05) is 42.3 Å². The predicted octanol–water partition coefficient (Wildman–Crippen LogP) is 6.76. The number of allylic oxidation sites excluding steroid dienone is 2. The van der Waals surface area contributed by atoms with E-state index in [0.717, 1.165) is 74.9 Å². The smallest absolute Gasteiger partial charge is 0.232 e. The van der Waals surface area contributed by atoms with Gasteiger partial charge in [-0.05, 0) is 100 Å². The van der Waals surface area contributed by atoms with Gasteiger partial charge in [-0.15, -0.1) is 0 Å². The molecular formula is C31H38FN3O2S. The fourth-order valence-electron chi connectivity index (χ4n) is 6.05. The SMILES string of the molecule is CC(NS(=O)(=O)CCc1nn(-c2ccc(F)cc2)c2c1CCCC2CCc1ccccc1)=C1CCCCC1. The number of aryl methyl sites for hydroxylation is 2. The summed E-state index contributed by atoms with van der Waals surface area (Å²) < 4.78 is 44.6. The van der Waals surface area contributed by atoms with E-state index in [1.54, 1.807) is 12.1 Å². The van der Waals surface area contributed by atoms with Crippen LogP contribution in [0.5, 0.6) is 0 Å². The molecular weight excluding hydrogens is 497 g/mol. The molecule has 1 aromatic heterocycles. The van der Waals surface area contributed by atoms with Crippen molar-refractivity contribution in [2.24, 2.45) is 0 Å². The Bertz CT molecular complexity index is 1370. The van der Waals surface area contributed by atoms with Crippen molar-refractivity contribution in [2.45, 2.75) is 83.5 Å². The summed E-state index contributed by atoms with van der Waals surface area (Å²) in [5.74, 6) is 0.0348. The highest BCUT2D eigenvalue weighted by Crippen LogP contribution is 2.38. The van der Waals surface area contributed by atoms with E-state index in [1.165, 1.54) is 40.9 Å². The molecule has 3 aromatic rings. The van der Waals surface area contributed by atoms with Crippen LogP contribution in [0.3, 0.4) is 0 Å². The predicted molar refractivity (Wildman–Crippen MR) is 150 cm³/mol. The maximum atomic E-state index is 13.7. The van der Waals surface area contributed by atoms with E-state index >= 15 is 0 Å². The van der Waals surface area contributed by atoms with Crippen LogP contribution in [0.1, 0.15) is 86.7 Å². The third kappa shape index (κ3) is 6.37. The lowest BCUT2D eigenvalue weighted by molar-refractivity contribution is 0.497. The molecule has 5 rings (SSSR count). The Morgan fingerprint density at radius 1 is 0.974 bits per heavy atom. The zero-order valence-corrected chi connectivity index (χ0v) is 23.1. The zero-order chi connectivity index (χ0) is 26.5. The van der Waals surface area contributed by atoms with Crippen LogP contribution in [0.15, 0.2) is 65.9 Å². The largest absolute Gasteiger partial charge is 0.288 e. The standard InChI is InChI=1S/C31H38FN3O2S/c1-23(25-11-6-3-7-12-25)34-38(36,37)22-21-30-29-14-8-13-26(16-15-24-9-4-2-5-10-24)31(29)35(33-30)28-19-17-27(32)18-20-28/h2,4-5,9-10,17-20,26,34H,3,6-8,11-16,21-22H2,1H3. The van der Waals surface area contributed by atoms with Crippen molar-refractivity contribution in [1.82, 2.24) is 14.5 Å². The minimum atomic E-state index is -3.48. The lowest BCUT2D eigenvalue weighted by atomic mass is 9.82. The molecule has 0 spiro atoms. The highest BCUT2D eigenvalue weighted by molar-refractivity contribution is 7.89. The molecule has 2 aliphatic carbocycles. The molecule has 1 heterocycles. The average molecular weight is 536 g/mol. The highest BCUT2D eigenvalue weighted by atomic mass is 32.2. The summed E-state index contributed by atoms with van der Waals surface area (Å²) in [5.41, 5.74) is 7.35. The number of nitrogens with zero attached hydrogens (tertiary/aromatic N) is 2. The van der Waals surface area contributed by atoms with Gasteiger partial charge in [0, 0.05) is 18.0 Å². The van der Waals surface area contributed by atoms with Crippen LogP contribution in [0, 0.1) is 5.82 Å². The molecule has 0 amide bonds. The van der Waals surface area contributed by atoms with E-state index in [4.69, 9.17) is 5.10 Å². The average Bonchev–Trinajstić information content (AvgIpc) is 3.31. The molecule has 38 heavy (non-hydrogen) atoms. The number of sulfonamides is 1. The number of nitrogens with one attached hydrogen (secondary N) is 1. The lowest BCUT2D eigenvalue weighted by Crippen LogP contribution is -2.27. The molecule has 1 N–H and O–H groups in total. The van der Waals surface area contributed by atoms with Crippen LogP contribution >= 0.6 is 0 Å². The molecule has 2 aromatic carbocycles. The minimum absolute atomic E-state index is 0.000820. The van der Waals surface area contributed by atoms with Crippen molar-refractivity contribution in [3.63, 3.8) is 0 Å². The van der Waals surface area contributed by atoms with Gasteiger partial charge in [-0.2, -0.15) is 5.10 Å².